The summed E-state index contributed by atoms with van der Waals surface area (Å²) in [6.45, 7) is 0.589. The summed E-state index contributed by atoms with van der Waals surface area (Å²) < 4.78 is 1.84. The van der Waals surface area contributed by atoms with Gasteiger partial charge in [-0.1, -0.05) is 18.2 Å². The Kier molecular flexibility index (Phi) is 3.39. The molecular weight excluding hydrogens is 218 g/mol. The van der Waals surface area contributed by atoms with Crippen LogP contribution in [0.2, 0.25) is 0 Å². The van der Waals surface area contributed by atoms with Crippen LogP contribution >= 0.6 is 0 Å². The number of para-hydroxylation sites is 1. The fourth-order valence-corrected chi connectivity index (χ4v) is 1.85. The molecule has 0 fully saturated rings. The third kappa shape index (κ3) is 2.45. The first-order valence-corrected chi connectivity index (χ1v) is 5.53. The van der Waals surface area contributed by atoms with Gasteiger partial charge in [-0.3, -0.25) is 9.48 Å². The van der Waals surface area contributed by atoms with E-state index in [1.54, 1.807) is 13.2 Å². The van der Waals surface area contributed by atoms with E-state index in [1.807, 2.05) is 28.9 Å². The van der Waals surface area contributed by atoms with E-state index >= 15 is 0 Å². The number of aryl methyl sites for hydroxylation is 1. The summed E-state index contributed by atoms with van der Waals surface area (Å²) in [4.78, 5) is 10.9. The lowest BCUT2D eigenvalue weighted by Gasteiger charge is -2.11. The van der Waals surface area contributed by atoms with Crippen molar-refractivity contribution in [3.05, 3.63) is 30.5 Å². The molecule has 2 N–H and O–H groups in total. The maximum atomic E-state index is 10.9. The average molecular weight is 233 g/mol. The normalized spacial score (nSPS) is 12.8. The van der Waals surface area contributed by atoms with Crippen molar-refractivity contribution in [3.8, 4) is 0 Å². The highest BCUT2D eigenvalue weighted by Crippen LogP contribution is 2.13. The molecule has 0 bridgehead atoms. The van der Waals surface area contributed by atoms with E-state index in [2.05, 4.69) is 10.4 Å². The van der Waals surface area contributed by atoms with Gasteiger partial charge in [0.15, 0.2) is 0 Å². The van der Waals surface area contributed by atoms with Gasteiger partial charge in [0.2, 0.25) is 0 Å². The van der Waals surface area contributed by atoms with Crippen LogP contribution in [0.15, 0.2) is 30.5 Å². The summed E-state index contributed by atoms with van der Waals surface area (Å²) >= 11 is 0. The highest BCUT2D eigenvalue weighted by Gasteiger charge is 2.14. The van der Waals surface area contributed by atoms with Gasteiger partial charge >= 0.3 is 5.97 Å². The van der Waals surface area contributed by atoms with E-state index < -0.39 is 12.0 Å². The van der Waals surface area contributed by atoms with Crippen LogP contribution in [-0.2, 0) is 11.3 Å². The molecule has 17 heavy (non-hydrogen) atoms. The SMILES string of the molecule is CNC(CCn1ncc2ccccc21)C(=O)O. The third-order valence-corrected chi connectivity index (χ3v) is 2.83. The number of aliphatic carboxylic acids is 1. The van der Waals surface area contributed by atoms with Crippen molar-refractivity contribution in [2.75, 3.05) is 7.05 Å². The lowest BCUT2D eigenvalue weighted by Crippen LogP contribution is -2.34. The molecule has 2 rings (SSSR count). The second kappa shape index (κ2) is 4.97. The van der Waals surface area contributed by atoms with E-state index in [1.165, 1.54) is 0 Å². The van der Waals surface area contributed by atoms with E-state index in [-0.39, 0.29) is 0 Å². The summed E-state index contributed by atoms with van der Waals surface area (Å²) in [5.41, 5.74) is 1.03. The molecule has 90 valence electrons. The van der Waals surface area contributed by atoms with Gasteiger partial charge in [-0.15, -0.1) is 0 Å². The van der Waals surface area contributed by atoms with Crippen LogP contribution in [-0.4, -0.2) is 33.9 Å². The minimum absolute atomic E-state index is 0.511. The van der Waals surface area contributed by atoms with Crippen molar-refractivity contribution in [3.63, 3.8) is 0 Å². The number of fused-ring (bicyclic) bond motifs is 1. The maximum Gasteiger partial charge on any atom is 0.320 e. The Balaban J connectivity index is 2.11. The molecule has 0 aliphatic heterocycles. The van der Waals surface area contributed by atoms with Crippen LogP contribution in [0.25, 0.3) is 10.9 Å². The van der Waals surface area contributed by atoms with Crippen molar-refractivity contribution >= 4 is 16.9 Å². The van der Waals surface area contributed by atoms with Gasteiger partial charge in [0, 0.05) is 11.9 Å². The highest BCUT2D eigenvalue weighted by molar-refractivity contribution is 5.78. The van der Waals surface area contributed by atoms with Gasteiger partial charge in [-0.05, 0) is 19.5 Å². The Morgan fingerprint density at radius 2 is 2.29 bits per heavy atom. The molecule has 5 heteroatoms. The number of hydrogen-bond acceptors (Lipinski definition) is 3. The van der Waals surface area contributed by atoms with Gasteiger partial charge < -0.3 is 10.4 Å². The second-order valence-corrected chi connectivity index (χ2v) is 3.89. The zero-order valence-corrected chi connectivity index (χ0v) is 9.63. The Morgan fingerprint density at radius 1 is 1.53 bits per heavy atom. The zero-order valence-electron chi connectivity index (χ0n) is 9.63. The number of carboxylic acids is 1. The lowest BCUT2D eigenvalue weighted by atomic mass is 10.2. The molecule has 2 aromatic rings. The fraction of sp³-hybridized carbons (Fsp3) is 0.333. The number of benzene rings is 1. The molecule has 0 saturated carbocycles. The zero-order chi connectivity index (χ0) is 12.3. The highest BCUT2D eigenvalue weighted by atomic mass is 16.4. The Bertz CT molecular complexity index is 521. The smallest absolute Gasteiger partial charge is 0.320 e. The van der Waals surface area contributed by atoms with Crippen molar-refractivity contribution in [2.45, 2.75) is 19.0 Å². The minimum Gasteiger partial charge on any atom is -0.480 e. The lowest BCUT2D eigenvalue weighted by molar-refractivity contribution is -0.139. The van der Waals surface area contributed by atoms with E-state index in [0.29, 0.717) is 13.0 Å². The van der Waals surface area contributed by atoms with E-state index in [4.69, 9.17) is 5.11 Å². The molecule has 0 aliphatic rings. The summed E-state index contributed by atoms with van der Waals surface area (Å²) in [6, 6.07) is 7.36. The molecule has 5 nitrogen and oxygen atoms in total. The number of rotatable bonds is 5. The number of likely N-dealkylation sites (N-methyl/N-ethyl adjacent to an activating group) is 1. The number of nitrogens with zero attached hydrogens (tertiary/aromatic N) is 2. The van der Waals surface area contributed by atoms with Crippen LogP contribution in [0, 0.1) is 0 Å². The molecule has 0 saturated heterocycles. The van der Waals surface area contributed by atoms with Crippen LogP contribution in [0.4, 0.5) is 0 Å². The first-order chi connectivity index (χ1) is 8.22. The maximum absolute atomic E-state index is 10.9. The molecule has 1 atom stereocenters. The molecule has 0 radical (unpaired) electrons. The molecule has 0 aliphatic carbocycles. The van der Waals surface area contributed by atoms with Gasteiger partial charge in [-0.25, -0.2) is 0 Å². The number of carboxylic acid groups (broad SMARTS) is 1. The third-order valence-electron chi connectivity index (χ3n) is 2.83. The first-order valence-electron chi connectivity index (χ1n) is 5.53. The van der Waals surface area contributed by atoms with Crippen molar-refractivity contribution in [1.82, 2.24) is 15.1 Å². The molecular formula is C12H15N3O2. The van der Waals surface area contributed by atoms with Crippen molar-refractivity contribution in [2.24, 2.45) is 0 Å². The van der Waals surface area contributed by atoms with Gasteiger partial charge in [0.05, 0.1) is 11.7 Å². The van der Waals surface area contributed by atoms with E-state index in [9.17, 15) is 4.79 Å². The molecule has 1 unspecified atom stereocenters. The summed E-state index contributed by atoms with van der Waals surface area (Å²) in [7, 11) is 1.65. The van der Waals surface area contributed by atoms with Crippen LogP contribution in [0.1, 0.15) is 6.42 Å². The quantitative estimate of drug-likeness (QED) is 0.811. The Hall–Kier alpha value is -1.88. The molecule has 1 heterocycles. The predicted molar refractivity (Wildman–Crippen MR) is 64.8 cm³/mol. The summed E-state index contributed by atoms with van der Waals surface area (Å²) in [5.74, 6) is -0.830. The van der Waals surface area contributed by atoms with Gasteiger partial charge in [0.25, 0.3) is 0 Å². The Morgan fingerprint density at radius 3 is 3.00 bits per heavy atom. The standard InChI is InChI=1S/C12H15N3O2/c1-13-10(12(16)17)6-7-15-11-5-3-2-4-9(11)8-14-15/h2-5,8,10,13H,6-7H2,1H3,(H,16,17). The first kappa shape index (κ1) is 11.6. The topological polar surface area (TPSA) is 67.2 Å². The van der Waals surface area contributed by atoms with Crippen LogP contribution in [0.5, 0.6) is 0 Å². The van der Waals surface area contributed by atoms with Crippen LogP contribution in [0.3, 0.4) is 0 Å². The molecule has 1 aromatic heterocycles. The molecule has 0 spiro atoms. The van der Waals surface area contributed by atoms with Crippen molar-refractivity contribution < 1.29 is 9.90 Å². The predicted octanol–water partition coefficient (Wildman–Crippen LogP) is 1.10. The monoisotopic (exact) mass is 233 g/mol. The Labute approximate surface area is 99.1 Å². The minimum atomic E-state index is -0.830. The number of hydrogen-bond donors (Lipinski definition) is 2. The van der Waals surface area contributed by atoms with Crippen molar-refractivity contribution in [1.29, 1.82) is 0 Å². The van der Waals surface area contributed by atoms with Gasteiger partial charge in [-0.2, -0.15) is 5.10 Å². The number of nitrogens with one attached hydrogen (secondary N) is 1. The molecule has 1 aromatic carbocycles. The van der Waals surface area contributed by atoms with E-state index in [0.717, 1.165) is 10.9 Å². The summed E-state index contributed by atoms with van der Waals surface area (Å²) in [6.07, 6.45) is 2.31. The molecule has 0 amide bonds. The fourth-order valence-electron chi connectivity index (χ4n) is 1.85. The average Bonchev–Trinajstić information content (AvgIpc) is 2.73. The number of aromatic nitrogens is 2. The van der Waals surface area contributed by atoms with Gasteiger partial charge in [0.1, 0.15) is 6.04 Å². The number of carbonyl (C=O) groups is 1. The largest absolute Gasteiger partial charge is 0.480 e. The van der Waals surface area contributed by atoms with Crippen LogP contribution < -0.4 is 5.32 Å². The second-order valence-electron chi connectivity index (χ2n) is 3.89. The summed E-state index contributed by atoms with van der Waals surface area (Å²) in [5, 5.41) is 17.0.